The highest BCUT2D eigenvalue weighted by Crippen LogP contribution is 2.15. The minimum Gasteiger partial charge on any atom is -0.452 e. The summed E-state index contributed by atoms with van der Waals surface area (Å²) in [5.41, 5.74) is 0.256. The molecule has 2 aromatic rings. The maximum absolute atomic E-state index is 13.4. The van der Waals surface area contributed by atoms with Gasteiger partial charge in [0.15, 0.2) is 16.4 Å². The number of hydrogen-bond acceptors (Lipinski definition) is 5. The highest BCUT2D eigenvalue weighted by molar-refractivity contribution is 7.89. The predicted octanol–water partition coefficient (Wildman–Crippen LogP) is 2.30. The van der Waals surface area contributed by atoms with E-state index in [0.29, 0.717) is 5.56 Å². The van der Waals surface area contributed by atoms with Crippen LogP contribution in [0.5, 0.6) is 0 Å². The van der Waals surface area contributed by atoms with E-state index in [1.54, 1.807) is 0 Å². The Labute approximate surface area is 148 Å². The third-order valence-electron chi connectivity index (χ3n) is 3.16. The summed E-state index contributed by atoms with van der Waals surface area (Å²) in [4.78, 5) is 23.5. The number of esters is 1. The van der Waals surface area contributed by atoms with Gasteiger partial charge >= 0.3 is 5.97 Å². The summed E-state index contributed by atoms with van der Waals surface area (Å²) >= 11 is 0. The molecule has 1 N–H and O–H groups in total. The van der Waals surface area contributed by atoms with Crippen molar-refractivity contribution in [2.45, 2.75) is 5.75 Å². The van der Waals surface area contributed by atoms with Crippen LogP contribution < -0.4 is 5.32 Å². The van der Waals surface area contributed by atoms with Crippen molar-refractivity contribution in [3.8, 4) is 0 Å². The average molecular weight is 383 g/mol. The van der Waals surface area contributed by atoms with E-state index in [4.69, 9.17) is 4.74 Å². The third kappa shape index (κ3) is 5.92. The van der Waals surface area contributed by atoms with Crippen molar-refractivity contribution in [2.24, 2.45) is 0 Å². The lowest BCUT2D eigenvalue weighted by atomic mass is 10.1. The third-order valence-corrected chi connectivity index (χ3v) is 4.01. The Bertz CT molecular complexity index is 927. The van der Waals surface area contributed by atoms with Gasteiger partial charge in [0.2, 0.25) is 0 Å². The Morgan fingerprint density at radius 3 is 2.35 bits per heavy atom. The number of anilines is 1. The molecule has 0 saturated heterocycles. The molecule has 0 aliphatic heterocycles. The zero-order valence-electron chi connectivity index (χ0n) is 13.7. The molecule has 0 aromatic heterocycles. The fourth-order valence-electron chi connectivity index (χ4n) is 2.03. The molecule has 2 rings (SSSR count). The van der Waals surface area contributed by atoms with Gasteiger partial charge in [0, 0.05) is 12.3 Å². The summed E-state index contributed by atoms with van der Waals surface area (Å²) < 4.78 is 53.6. The first-order valence-corrected chi connectivity index (χ1v) is 9.39. The van der Waals surface area contributed by atoms with E-state index in [-0.39, 0.29) is 17.0 Å². The number of halogens is 2. The van der Waals surface area contributed by atoms with Crippen LogP contribution >= 0.6 is 0 Å². The smallest absolute Gasteiger partial charge is 0.338 e. The first kappa shape index (κ1) is 19.5. The number of benzene rings is 2. The molecule has 1 amide bonds. The molecular formula is C17H15F2NO5S. The monoisotopic (exact) mass is 383 g/mol. The summed E-state index contributed by atoms with van der Waals surface area (Å²) in [6.45, 7) is -0.695. The summed E-state index contributed by atoms with van der Waals surface area (Å²) in [7, 11) is -3.19. The van der Waals surface area contributed by atoms with Crippen molar-refractivity contribution in [1.82, 2.24) is 0 Å². The Morgan fingerprint density at radius 2 is 1.73 bits per heavy atom. The minimum atomic E-state index is -3.19. The van der Waals surface area contributed by atoms with Gasteiger partial charge in [0.05, 0.1) is 17.0 Å². The van der Waals surface area contributed by atoms with Crippen LogP contribution in [0.2, 0.25) is 0 Å². The normalized spacial score (nSPS) is 11.0. The van der Waals surface area contributed by atoms with Crippen LogP contribution in [0.1, 0.15) is 15.9 Å². The summed E-state index contributed by atoms with van der Waals surface area (Å²) in [5, 5.41) is 2.09. The number of amides is 1. The van der Waals surface area contributed by atoms with Crippen molar-refractivity contribution < 1.29 is 31.5 Å². The van der Waals surface area contributed by atoms with E-state index in [1.807, 2.05) is 0 Å². The number of nitrogens with one attached hydrogen (secondary N) is 1. The van der Waals surface area contributed by atoms with E-state index < -0.39 is 40.0 Å². The van der Waals surface area contributed by atoms with Gasteiger partial charge in [-0.25, -0.2) is 22.0 Å². The fourth-order valence-corrected chi connectivity index (χ4v) is 2.83. The number of ether oxygens (including phenoxy) is 1. The van der Waals surface area contributed by atoms with Gasteiger partial charge in [-0.15, -0.1) is 0 Å². The summed E-state index contributed by atoms with van der Waals surface area (Å²) in [6, 6.07) is 8.21. The van der Waals surface area contributed by atoms with Crippen LogP contribution in [0.25, 0.3) is 0 Å². The molecule has 26 heavy (non-hydrogen) atoms. The predicted molar refractivity (Wildman–Crippen MR) is 90.3 cm³/mol. The van der Waals surface area contributed by atoms with Crippen LogP contribution in [-0.4, -0.2) is 33.2 Å². The molecule has 0 atom stereocenters. The van der Waals surface area contributed by atoms with Crippen LogP contribution in [-0.2, 0) is 25.1 Å². The van der Waals surface area contributed by atoms with Crippen LogP contribution in [0.3, 0.4) is 0 Å². The second-order valence-electron chi connectivity index (χ2n) is 5.52. The number of carbonyl (C=O) groups is 2. The molecule has 138 valence electrons. The molecule has 9 heteroatoms. The Morgan fingerprint density at radius 1 is 1.08 bits per heavy atom. The summed E-state index contributed by atoms with van der Waals surface area (Å²) in [5.74, 6) is -3.37. The lowest BCUT2D eigenvalue weighted by molar-refractivity contribution is -0.119. The average Bonchev–Trinajstić information content (AvgIpc) is 2.55. The quantitative estimate of drug-likeness (QED) is 0.773. The zero-order chi connectivity index (χ0) is 19.3. The van der Waals surface area contributed by atoms with E-state index in [9.17, 15) is 26.8 Å². The van der Waals surface area contributed by atoms with Gasteiger partial charge in [-0.1, -0.05) is 12.1 Å². The van der Waals surface area contributed by atoms with E-state index in [2.05, 4.69) is 5.32 Å². The number of hydrogen-bond donors (Lipinski definition) is 1. The minimum absolute atomic E-state index is 0.118. The molecule has 0 bridgehead atoms. The number of rotatable bonds is 6. The number of sulfone groups is 1. The molecule has 0 saturated carbocycles. The van der Waals surface area contributed by atoms with Gasteiger partial charge in [-0.05, 0) is 29.8 Å². The van der Waals surface area contributed by atoms with E-state index >= 15 is 0 Å². The molecule has 6 nitrogen and oxygen atoms in total. The molecule has 2 aromatic carbocycles. The maximum Gasteiger partial charge on any atom is 0.338 e. The molecule has 0 fully saturated rings. The Kier molecular flexibility index (Phi) is 6.04. The Balaban J connectivity index is 1.91. The molecule has 0 radical (unpaired) electrons. The zero-order valence-corrected chi connectivity index (χ0v) is 14.5. The van der Waals surface area contributed by atoms with Crippen LogP contribution in [0.4, 0.5) is 14.5 Å². The molecule has 0 aliphatic rings. The SMILES string of the molecule is CS(=O)(=O)Cc1ccc(C(=O)OCC(=O)Nc2cc(F)ccc2F)cc1. The van der Waals surface area contributed by atoms with Crippen molar-refractivity contribution in [2.75, 3.05) is 18.2 Å². The standard InChI is InChI=1S/C17H15F2NO5S/c1-26(23,24)10-11-2-4-12(5-3-11)17(22)25-9-16(21)20-15-8-13(18)6-7-14(15)19/h2-8H,9-10H2,1H3,(H,20,21). The van der Waals surface area contributed by atoms with Gasteiger partial charge in [0.25, 0.3) is 5.91 Å². The lowest BCUT2D eigenvalue weighted by Gasteiger charge is -2.08. The fraction of sp³-hybridized carbons (Fsp3) is 0.176. The van der Waals surface area contributed by atoms with Crippen molar-refractivity contribution in [3.63, 3.8) is 0 Å². The second-order valence-corrected chi connectivity index (χ2v) is 7.66. The highest BCUT2D eigenvalue weighted by Gasteiger charge is 2.13. The lowest BCUT2D eigenvalue weighted by Crippen LogP contribution is -2.21. The largest absolute Gasteiger partial charge is 0.452 e. The first-order valence-electron chi connectivity index (χ1n) is 7.33. The maximum atomic E-state index is 13.4. The number of carbonyl (C=O) groups excluding carboxylic acids is 2. The topological polar surface area (TPSA) is 89.5 Å². The van der Waals surface area contributed by atoms with Crippen molar-refractivity contribution in [3.05, 3.63) is 65.2 Å². The molecule has 0 spiro atoms. The van der Waals surface area contributed by atoms with E-state index in [0.717, 1.165) is 24.5 Å². The van der Waals surface area contributed by atoms with Crippen LogP contribution in [0, 0.1) is 11.6 Å². The highest BCUT2D eigenvalue weighted by atomic mass is 32.2. The van der Waals surface area contributed by atoms with Gasteiger partial charge in [-0.2, -0.15) is 0 Å². The van der Waals surface area contributed by atoms with Gasteiger partial charge < -0.3 is 10.1 Å². The van der Waals surface area contributed by atoms with Gasteiger partial charge in [-0.3, -0.25) is 4.79 Å². The van der Waals surface area contributed by atoms with E-state index in [1.165, 1.54) is 24.3 Å². The van der Waals surface area contributed by atoms with Crippen molar-refractivity contribution >= 4 is 27.4 Å². The molecule has 0 heterocycles. The van der Waals surface area contributed by atoms with Crippen LogP contribution in [0.15, 0.2) is 42.5 Å². The molecule has 0 aliphatic carbocycles. The summed E-state index contributed by atoms with van der Waals surface area (Å²) in [6.07, 6.45) is 1.09. The second kappa shape index (κ2) is 8.05. The molecule has 0 unspecified atom stereocenters. The van der Waals surface area contributed by atoms with Gasteiger partial charge in [0.1, 0.15) is 11.6 Å². The first-order chi connectivity index (χ1) is 12.1. The molecular weight excluding hydrogens is 368 g/mol. The Hall–Kier alpha value is -2.81. The van der Waals surface area contributed by atoms with Crippen molar-refractivity contribution in [1.29, 1.82) is 0 Å².